The van der Waals surface area contributed by atoms with Crippen molar-refractivity contribution in [3.8, 4) is 5.75 Å². The van der Waals surface area contributed by atoms with E-state index in [0.29, 0.717) is 28.2 Å². The maximum Gasteiger partial charge on any atom is 0.261 e. The molecule has 1 N–H and O–H groups in total. The average Bonchev–Trinajstić information content (AvgIpc) is 2.61. The fourth-order valence-electron chi connectivity index (χ4n) is 3.95. The summed E-state index contributed by atoms with van der Waals surface area (Å²) in [7, 11) is 0. The van der Waals surface area contributed by atoms with E-state index in [4.69, 9.17) is 16.3 Å². The van der Waals surface area contributed by atoms with Gasteiger partial charge in [0.2, 0.25) is 5.43 Å². The van der Waals surface area contributed by atoms with Crippen LogP contribution in [0.25, 0.3) is 10.9 Å². The Kier molecular flexibility index (Phi) is 4.42. The predicted molar refractivity (Wildman–Crippen MR) is 112 cm³/mol. The molecule has 4 rings (SSSR count). The van der Waals surface area contributed by atoms with Crippen molar-refractivity contribution in [2.75, 3.05) is 5.32 Å². The minimum absolute atomic E-state index is 0.0695. The summed E-state index contributed by atoms with van der Waals surface area (Å²) in [6.07, 6.45) is 1.54. The molecule has 0 saturated carbocycles. The number of aromatic nitrogens is 1. The van der Waals surface area contributed by atoms with Gasteiger partial charge in [0, 0.05) is 11.9 Å². The molecule has 2 heterocycles. The van der Waals surface area contributed by atoms with Crippen LogP contribution in [0.3, 0.4) is 0 Å². The van der Waals surface area contributed by atoms with Gasteiger partial charge in [0.25, 0.3) is 5.91 Å². The number of amides is 1. The van der Waals surface area contributed by atoms with E-state index in [1.807, 2.05) is 44.4 Å². The van der Waals surface area contributed by atoms with E-state index in [-0.39, 0.29) is 11.7 Å². The SMILES string of the molecule is Cc1cc(C)c(NC(=O)c2cn3c4c(ccc(Cl)c4c2=O)OC(C)C3)c(C)c1. The number of nitrogens with one attached hydrogen (secondary N) is 1. The second kappa shape index (κ2) is 6.67. The number of nitrogens with zero attached hydrogens (tertiary/aromatic N) is 1. The molecule has 0 spiro atoms. The molecule has 5 nitrogen and oxygen atoms in total. The molecule has 6 heteroatoms. The van der Waals surface area contributed by atoms with Gasteiger partial charge >= 0.3 is 0 Å². The number of pyridine rings is 1. The maximum absolute atomic E-state index is 13.1. The molecule has 0 fully saturated rings. The molecule has 1 amide bonds. The zero-order chi connectivity index (χ0) is 20.2. The number of anilines is 1. The third-order valence-electron chi connectivity index (χ3n) is 5.08. The van der Waals surface area contributed by atoms with Gasteiger partial charge in [-0.15, -0.1) is 0 Å². The van der Waals surface area contributed by atoms with E-state index in [9.17, 15) is 9.59 Å². The van der Waals surface area contributed by atoms with Crippen molar-refractivity contribution in [3.63, 3.8) is 0 Å². The monoisotopic (exact) mass is 396 g/mol. The van der Waals surface area contributed by atoms with Gasteiger partial charge in [0.15, 0.2) is 0 Å². The fraction of sp³-hybridized carbons (Fsp3) is 0.273. The Bertz CT molecular complexity index is 1170. The summed E-state index contributed by atoms with van der Waals surface area (Å²) in [6, 6.07) is 7.40. The normalized spacial score (nSPS) is 15.4. The minimum Gasteiger partial charge on any atom is -0.487 e. The van der Waals surface area contributed by atoms with Crippen LogP contribution in [0, 0.1) is 20.8 Å². The van der Waals surface area contributed by atoms with Crippen LogP contribution in [0.1, 0.15) is 34.0 Å². The van der Waals surface area contributed by atoms with Gasteiger partial charge in [0.05, 0.1) is 22.5 Å². The number of ether oxygens (including phenoxy) is 1. The number of carbonyl (C=O) groups excluding carboxylic acids is 1. The van der Waals surface area contributed by atoms with Gasteiger partial charge in [0.1, 0.15) is 17.4 Å². The molecule has 3 aromatic rings. The zero-order valence-corrected chi connectivity index (χ0v) is 17.0. The Labute approximate surface area is 167 Å². The second-order valence-electron chi connectivity index (χ2n) is 7.45. The van der Waals surface area contributed by atoms with Crippen molar-refractivity contribution >= 4 is 34.1 Å². The van der Waals surface area contributed by atoms with Gasteiger partial charge in [-0.2, -0.15) is 0 Å². The highest BCUT2D eigenvalue weighted by molar-refractivity contribution is 6.35. The molecule has 0 bridgehead atoms. The van der Waals surface area contributed by atoms with Gasteiger partial charge in [-0.25, -0.2) is 0 Å². The van der Waals surface area contributed by atoms with Crippen LogP contribution in [0.2, 0.25) is 5.02 Å². The van der Waals surface area contributed by atoms with Crippen molar-refractivity contribution in [3.05, 3.63) is 68.0 Å². The first kappa shape index (κ1) is 18.6. The lowest BCUT2D eigenvalue weighted by Gasteiger charge is -2.26. The number of benzene rings is 2. The first-order valence-electron chi connectivity index (χ1n) is 9.17. The minimum atomic E-state index is -0.439. The first-order chi connectivity index (χ1) is 13.3. The molecule has 0 saturated heterocycles. The van der Waals surface area contributed by atoms with Crippen LogP contribution in [0.15, 0.2) is 35.3 Å². The van der Waals surface area contributed by atoms with E-state index < -0.39 is 11.3 Å². The standard InChI is InChI=1S/C22H21ClN2O3/c1-11-7-12(2)19(13(3)8-11)24-22(27)15-10-25-9-14(4)28-17-6-5-16(23)18(20(17)25)21(15)26/h5-8,10,14H,9H2,1-4H3,(H,24,27). The number of halogens is 1. The Hall–Kier alpha value is -2.79. The lowest BCUT2D eigenvalue weighted by Crippen LogP contribution is -2.30. The van der Waals surface area contributed by atoms with Crippen molar-refractivity contribution in [1.29, 1.82) is 0 Å². The average molecular weight is 397 g/mol. The Morgan fingerprint density at radius 3 is 2.57 bits per heavy atom. The lowest BCUT2D eigenvalue weighted by atomic mass is 10.0. The van der Waals surface area contributed by atoms with Crippen LogP contribution in [-0.4, -0.2) is 16.6 Å². The van der Waals surface area contributed by atoms with Crippen molar-refractivity contribution in [1.82, 2.24) is 4.57 Å². The number of hydrogen-bond donors (Lipinski definition) is 1. The van der Waals surface area contributed by atoms with Crippen molar-refractivity contribution < 1.29 is 9.53 Å². The summed E-state index contributed by atoms with van der Waals surface area (Å²) in [5.41, 5.74) is 4.07. The third kappa shape index (κ3) is 2.96. The van der Waals surface area contributed by atoms with Gasteiger partial charge in [-0.05, 0) is 51.0 Å². The highest BCUT2D eigenvalue weighted by atomic mass is 35.5. The second-order valence-corrected chi connectivity index (χ2v) is 7.86. The summed E-state index contributed by atoms with van der Waals surface area (Å²) < 4.78 is 7.72. The smallest absolute Gasteiger partial charge is 0.261 e. The maximum atomic E-state index is 13.1. The third-order valence-corrected chi connectivity index (χ3v) is 5.39. The van der Waals surface area contributed by atoms with Crippen LogP contribution in [0.5, 0.6) is 5.75 Å². The number of aryl methyl sites for hydroxylation is 3. The van der Waals surface area contributed by atoms with E-state index in [1.165, 1.54) is 0 Å². The quantitative estimate of drug-likeness (QED) is 0.687. The highest BCUT2D eigenvalue weighted by Crippen LogP contribution is 2.33. The van der Waals surface area contributed by atoms with Crippen molar-refractivity contribution in [2.45, 2.75) is 40.3 Å². The Morgan fingerprint density at radius 2 is 1.89 bits per heavy atom. The summed E-state index contributed by atoms with van der Waals surface area (Å²) in [5.74, 6) is 0.166. The summed E-state index contributed by atoms with van der Waals surface area (Å²) in [4.78, 5) is 26.1. The largest absolute Gasteiger partial charge is 0.487 e. The van der Waals surface area contributed by atoms with E-state index >= 15 is 0 Å². The van der Waals surface area contributed by atoms with Crippen LogP contribution >= 0.6 is 11.6 Å². The molecule has 0 radical (unpaired) electrons. The van der Waals surface area contributed by atoms with Crippen LogP contribution in [0.4, 0.5) is 5.69 Å². The first-order valence-corrected chi connectivity index (χ1v) is 9.55. The Balaban J connectivity index is 1.87. The lowest BCUT2D eigenvalue weighted by molar-refractivity contribution is 0.102. The van der Waals surface area contributed by atoms with Gasteiger partial charge < -0.3 is 14.6 Å². The van der Waals surface area contributed by atoms with E-state index in [2.05, 4.69) is 5.32 Å². The number of hydrogen-bond acceptors (Lipinski definition) is 3. The molecule has 1 aromatic heterocycles. The van der Waals surface area contributed by atoms with Crippen LogP contribution < -0.4 is 15.5 Å². The molecule has 28 heavy (non-hydrogen) atoms. The molecule has 1 unspecified atom stereocenters. The van der Waals surface area contributed by atoms with E-state index in [0.717, 1.165) is 22.4 Å². The molecule has 0 aliphatic carbocycles. The topological polar surface area (TPSA) is 60.3 Å². The van der Waals surface area contributed by atoms with Crippen LogP contribution in [-0.2, 0) is 6.54 Å². The highest BCUT2D eigenvalue weighted by Gasteiger charge is 2.25. The number of carbonyl (C=O) groups is 1. The zero-order valence-electron chi connectivity index (χ0n) is 16.2. The summed E-state index contributed by atoms with van der Waals surface area (Å²) in [6.45, 7) is 8.37. The predicted octanol–water partition coefficient (Wildman–Crippen LogP) is 4.61. The molecular weight excluding hydrogens is 376 g/mol. The van der Waals surface area contributed by atoms with Crippen molar-refractivity contribution in [2.24, 2.45) is 0 Å². The molecule has 1 aliphatic rings. The molecule has 1 aliphatic heterocycles. The van der Waals surface area contributed by atoms with Gasteiger partial charge in [-0.1, -0.05) is 29.3 Å². The Morgan fingerprint density at radius 1 is 1.21 bits per heavy atom. The van der Waals surface area contributed by atoms with E-state index in [1.54, 1.807) is 18.3 Å². The summed E-state index contributed by atoms with van der Waals surface area (Å²) in [5, 5.41) is 3.54. The molecule has 144 valence electrons. The molecular formula is C22H21ClN2O3. The summed E-state index contributed by atoms with van der Waals surface area (Å²) >= 11 is 6.33. The molecule has 1 atom stereocenters. The molecule has 2 aromatic carbocycles. The van der Waals surface area contributed by atoms with Gasteiger partial charge in [-0.3, -0.25) is 9.59 Å². The number of rotatable bonds is 2. The fourth-order valence-corrected chi connectivity index (χ4v) is 4.19.